The van der Waals surface area contributed by atoms with Crippen molar-refractivity contribution < 1.29 is 17.6 Å². The van der Waals surface area contributed by atoms with Gasteiger partial charge in [0.2, 0.25) is 15.9 Å². The van der Waals surface area contributed by atoms with Gasteiger partial charge in [-0.25, -0.2) is 18.4 Å². The van der Waals surface area contributed by atoms with E-state index in [1.807, 2.05) is 12.1 Å². The zero-order valence-corrected chi connectivity index (χ0v) is 14.5. The SMILES string of the molecule is NS(=O)(=O)c1ccc(NC(=O)Nc2cc3cc(Br)ccc3o2)cc1. The molecule has 9 heteroatoms. The van der Waals surface area contributed by atoms with Crippen LogP contribution in [0.1, 0.15) is 0 Å². The number of halogens is 1. The van der Waals surface area contributed by atoms with Gasteiger partial charge in [-0.15, -0.1) is 0 Å². The van der Waals surface area contributed by atoms with Crippen LogP contribution in [0.2, 0.25) is 0 Å². The molecular weight excluding hydrogens is 398 g/mol. The molecule has 3 rings (SSSR count). The van der Waals surface area contributed by atoms with Crippen LogP contribution in [0, 0.1) is 0 Å². The predicted octanol–water partition coefficient (Wildman–Crippen LogP) is 3.49. The lowest BCUT2D eigenvalue weighted by Gasteiger charge is -2.06. The summed E-state index contributed by atoms with van der Waals surface area (Å²) in [5.74, 6) is 0.293. The number of primary sulfonamides is 1. The summed E-state index contributed by atoms with van der Waals surface area (Å²) in [6.45, 7) is 0. The molecule has 1 aromatic heterocycles. The second-order valence-corrected chi connectivity index (χ2v) is 7.42. The van der Waals surface area contributed by atoms with Gasteiger partial charge in [0.1, 0.15) is 5.58 Å². The van der Waals surface area contributed by atoms with Crippen LogP contribution in [0.15, 0.2) is 62.3 Å². The summed E-state index contributed by atoms with van der Waals surface area (Å²) >= 11 is 3.36. The Balaban J connectivity index is 1.70. The van der Waals surface area contributed by atoms with E-state index in [0.29, 0.717) is 17.2 Å². The number of hydrogen-bond donors (Lipinski definition) is 3. The van der Waals surface area contributed by atoms with Crippen molar-refractivity contribution in [1.82, 2.24) is 0 Å². The summed E-state index contributed by atoms with van der Waals surface area (Å²) in [6, 6.07) is 12.2. The van der Waals surface area contributed by atoms with Crippen LogP contribution in [0.3, 0.4) is 0 Å². The van der Waals surface area contributed by atoms with Crippen molar-refractivity contribution >= 4 is 54.5 Å². The number of benzene rings is 2. The summed E-state index contributed by atoms with van der Waals surface area (Å²) < 4.78 is 28.8. The minimum absolute atomic E-state index is 0.0312. The second kappa shape index (κ2) is 6.27. The van der Waals surface area contributed by atoms with Gasteiger partial charge in [-0.1, -0.05) is 15.9 Å². The molecule has 0 spiro atoms. The van der Waals surface area contributed by atoms with Gasteiger partial charge in [0.15, 0.2) is 0 Å². The number of amides is 2. The quantitative estimate of drug-likeness (QED) is 0.613. The highest BCUT2D eigenvalue weighted by molar-refractivity contribution is 9.10. The Labute approximate surface area is 146 Å². The van der Waals surface area contributed by atoms with Crippen LogP contribution < -0.4 is 15.8 Å². The first-order valence-corrected chi connectivity index (χ1v) is 9.05. The maximum atomic E-state index is 12.0. The van der Waals surface area contributed by atoms with E-state index in [2.05, 4.69) is 26.6 Å². The lowest BCUT2D eigenvalue weighted by Crippen LogP contribution is -2.19. The number of nitrogens with one attached hydrogen (secondary N) is 2. The van der Waals surface area contributed by atoms with Gasteiger partial charge in [-0.05, 0) is 42.5 Å². The zero-order chi connectivity index (χ0) is 17.3. The van der Waals surface area contributed by atoms with Crippen molar-refractivity contribution in [2.45, 2.75) is 4.90 Å². The van der Waals surface area contributed by atoms with E-state index in [1.165, 1.54) is 24.3 Å². The average Bonchev–Trinajstić information content (AvgIpc) is 2.87. The maximum Gasteiger partial charge on any atom is 0.326 e. The van der Waals surface area contributed by atoms with Crippen LogP contribution in [0.25, 0.3) is 11.0 Å². The van der Waals surface area contributed by atoms with Gasteiger partial charge < -0.3 is 9.73 Å². The van der Waals surface area contributed by atoms with Gasteiger partial charge >= 0.3 is 6.03 Å². The van der Waals surface area contributed by atoms with Crippen LogP contribution in [0.4, 0.5) is 16.4 Å². The minimum Gasteiger partial charge on any atom is -0.440 e. The van der Waals surface area contributed by atoms with Crippen LogP contribution >= 0.6 is 15.9 Å². The highest BCUT2D eigenvalue weighted by Gasteiger charge is 2.10. The van der Waals surface area contributed by atoms with Gasteiger partial charge in [0, 0.05) is 21.6 Å². The van der Waals surface area contributed by atoms with Crippen molar-refractivity contribution in [2.75, 3.05) is 10.6 Å². The first-order chi connectivity index (χ1) is 11.3. The third kappa shape index (κ3) is 3.75. The molecule has 0 atom stereocenters. The Morgan fingerprint density at radius 1 is 1.04 bits per heavy atom. The van der Waals surface area contributed by atoms with Gasteiger partial charge in [-0.3, -0.25) is 5.32 Å². The molecule has 24 heavy (non-hydrogen) atoms. The number of fused-ring (bicyclic) bond motifs is 1. The van der Waals surface area contributed by atoms with E-state index in [9.17, 15) is 13.2 Å². The third-order valence-electron chi connectivity index (χ3n) is 3.16. The Hall–Kier alpha value is -2.36. The topological polar surface area (TPSA) is 114 Å². The van der Waals surface area contributed by atoms with Crippen molar-refractivity contribution in [3.8, 4) is 0 Å². The molecular formula is C15H12BrN3O4S. The molecule has 2 aromatic carbocycles. The number of hydrogen-bond acceptors (Lipinski definition) is 4. The summed E-state index contributed by atoms with van der Waals surface area (Å²) in [5.41, 5.74) is 1.06. The van der Waals surface area contributed by atoms with Crippen LogP contribution in [-0.2, 0) is 10.0 Å². The van der Waals surface area contributed by atoms with E-state index >= 15 is 0 Å². The van der Waals surface area contributed by atoms with Crippen molar-refractivity contribution in [2.24, 2.45) is 5.14 Å². The molecule has 0 aliphatic rings. The maximum absolute atomic E-state index is 12.0. The van der Waals surface area contributed by atoms with E-state index in [1.54, 1.807) is 12.1 Å². The van der Waals surface area contributed by atoms with Gasteiger partial charge in [0.25, 0.3) is 0 Å². The third-order valence-corrected chi connectivity index (χ3v) is 4.58. The molecule has 7 nitrogen and oxygen atoms in total. The average molecular weight is 410 g/mol. The fourth-order valence-electron chi connectivity index (χ4n) is 2.08. The summed E-state index contributed by atoms with van der Waals surface area (Å²) in [5, 5.41) is 11.0. The highest BCUT2D eigenvalue weighted by atomic mass is 79.9. The molecule has 0 fully saturated rings. The van der Waals surface area contributed by atoms with E-state index in [-0.39, 0.29) is 4.90 Å². The first kappa shape index (κ1) is 16.5. The number of nitrogens with two attached hydrogens (primary N) is 1. The standard InChI is InChI=1S/C15H12BrN3O4S/c16-10-1-6-13-9(7-10)8-14(23-13)19-15(20)18-11-2-4-12(5-3-11)24(17,21)22/h1-8H,(H2,17,21,22)(H2,18,19,20). The highest BCUT2D eigenvalue weighted by Crippen LogP contribution is 2.26. The van der Waals surface area contributed by atoms with Crippen molar-refractivity contribution in [3.05, 3.63) is 53.0 Å². The summed E-state index contributed by atoms with van der Waals surface area (Å²) in [6.07, 6.45) is 0. The zero-order valence-electron chi connectivity index (χ0n) is 12.1. The Kier molecular flexibility index (Phi) is 4.31. The lowest BCUT2D eigenvalue weighted by atomic mass is 10.3. The number of anilines is 2. The number of rotatable bonds is 3. The summed E-state index contributed by atoms with van der Waals surface area (Å²) in [4.78, 5) is 11.9. The lowest BCUT2D eigenvalue weighted by molar-refractivity contribution is 0.261. The monoisotopic (exact) mass is 409 g/mol. The molecule has 2 amide bonds. The Bertz CT molecular complexity index is 1010. The smallest absolute Gasteiger partial charge is 0.326 e. The molecule has 0 saturated heterocycles. The van der Waals surface area contributed by atoms with Crippen molar-refractivity contribution in [3.63, 3.8) is 0 Å². The second-order valence-electron chi connectivity index (χ2n) is 4.94. The number of carbonyl (C=O) groups excluding carboxylic acids is 1. The molecule has 1 heterocycles. The molecule has 0 radical (unpaired) electrons. The minimum atomic E-state index is -3.76. The van der Waals surface area contributed by atoms with E-state index in [4.69, 9.17) is 9.56 Å². The Morgan fingerprint density at radius 3 is 2.42 bits per heavy atom. The van der Waals surface area contributed by atoms with Gasteiger partial charge in [-0.2, -0.15) is 0 Å². The number of carbonyl (C=O) groups is 1. The number of sulfonamides is 1. The Morgan fingerprint density at radius 2 is 1.75 bits per heavy atom. The van der Waals surface area contributed by atoms with E-state index < -0.39 is 16.1 Å². The largest absolute Gasteiger partial charge is 0.440 e. The molecule has 0 saturated carbocycles. The molecule has 0 bridgehead atoms. The van der Waals surface area contributed by atoms with Crippen LogP contribution in [0.5, 0.6) is 0 Å². The fourth-order valence-corrected chi connectivity index (χ4v) is 2.97. The van der Waals surface area contributed by atoms with Gasteiger partial charge in [0.05, 0.1) is 4.90 Å². The van der Waals surface area contributed by atoms with Crippen LogP contribution in [-0.4, -0.2) is 14.4 Å². The number of urea groups is 1. The number of furan rings is 1. The molecule has 4 N–H and O–H groups in total. The molecule has 3 aromatic rings. The molecule has 124 valence electrons. The first-order valence-electron chi connectivity index (χ1n) is 6.71. The molecule has 0 unspecified atom stereocenters. The van der Waals surface area contributed by atoms with E-state index in [0.717, 1.165) is 9.86 Å². The normalized spacial score (nSPS) is 11.4. The predicted molar refractivity (Wildman–Crippen MR) is 94.4 cm³/mol. The molecule has 0 aliphatic heterocycles. The van der Waals surface area contributed by atoms with Crippen molar-refractivity contribution in [1.29, 1.82) is 0 Å². The summed E-state index contributed by atoms with van der Waals surface area (Å²) in [7, 11) is -3.76. The fraction of sp³-hybridized carbons (Fsp3) is 0. The molecule has 0 aliphatic carbocycles.